The lowest BCUT2D eigenvalue weighted by atomic mass is 9.98. The molecule has 220 valence electrons. The van der Waals surface area contributed by atoms with Gasteiger partial charge in [-0.05, 0) is 87.0 Å². The molecule has 0 amide bonds. The first kappa shape index (κ1) is 32.3. The van der Waals surface area contributed by atoms with Gasteiger partial charge in [-0.1, -0.05) is 71.0 Å². The van der Waals surface area contributed by atoms with Gasteiger partial charge in [0.25, 0.3) is 0 Å². The zero-order chi connectivity index (χ0) is 30.8. The van der Waals surface area contributed by atoms with E-state index in [1.807, 2.05) is 103 Å². The number of Topliss-reactive ketones (excluding diaryl/α,β-unsaturated/α-hetero) is 1. The Morgan fingerprint density at radius 1 is 0.744 bits per heavy atom. The molecular weight excluding hydrogens is 598 g/mol. The summed E-state index contributed by atoms with van der Waals surface area (Å²) in [7, 11) is 0. The van der Waals surface area contributed by atoms with Gasteiger partial charge in [-0.3, -0.25) is 9.59 Å². The predicted molar refractivity (Wildman–Crippen MR) is 175 cm³/mol. The molecule has 0 N–H and O–H groups in total. The molecule has 0 radical (unpaired) electrons. The smallest absolute Gasteiger partial charge is 0.317 e. The molecular formula is C35H32ClNO4S2. The third-order valence-electron chi connectivity index (χ3n) is 6.27. The number of ketones is 2. The molecule has 8 heteroatoms. The summed E-state index contributed by atoms with van der Waals surface area (Å²) >= 11 is 9.12. The molecule has 0 bridgehead atoms. The maximum Gasteiger partial charge on any atom is 0.340 e. The van der Waals surface area contributed by atoms with Gasteiger partial charge in [0.15, 0.2) is 11.6 Å². The molecule has 0 saturated heterocycles. The number of halogens is 1. The molecule has 0 aliphatic rings. The summed E-state index contributed by atoms with van der Waals surface area (Å²) in [5.74, 6) is -0.116. The van der Waals surface area contributed by atoms with Crippen LogP contribution < -0.4 is 0 Å². The molecule has 0 fully saturated rings. The van der Waals surface area contributed by atoms with Crippen molar-refractivity contribution in [1.29, 1.82) is 0 Å². The van der Waals surface area contributed by atoms with Crippen molar-refractivity contribution in [2.45, 2.75) is 48.3 Å². The van der Waals surface area contributed by atoms with Gasteiger partial charge in [0.1, 0.15) is 5.71 Å². The third kappa shape index (κ3) is 9.95. The zero-order valence-electron chi connectivity index (χ0n) is 24.2. The summed E-state index contributed by atoms with van der Waals surface area (Å²) in [4.78, 5) is 46.4. The summed E-state index contributed by atoms with van der Waals surface area (Å²) in [6.07, 6.45) is 0.485. The van der Waals surface area contributed by atoms with E-state index in [2.05, 4.69) is 5.16 Å². The number of nitrogens with zero attached hydrogens (tertiary/aromatic N) is 1. The third-order valence-corrected chi connectivity index (χ3v) is 8.55. The first-order chi connectivity index (χ1) is 20.6. The number of carbonyl (C=O) groups excluding carboxylic acids is 3. The fourth-order valence-electron chi connectivity index (χ4n) is 3.80. The lowest BCUT2D eigenvalue weighted by Crippen LogP contribution is -2.24. The van der Waals surface area contributed by atoms with Crippen LogP contribution in [0, 0.1) is 5.41 Å². The highest BCUT2D eigenvalue weighted by Gasteiger charge is 2.24. The zero-order valence-corrected chi connectivity index (χ0v) is 26.6. The van der Waals surface area contributed by atoms with Crippen molar-refractivity contribution < 1.29 is 19.2 Å². The van der Waals surface area contributed by atoms with E-state index < -0.39 is 11.4 Å². The van der Waals surface area contributed by atoms with Crippen molar-refractivity contribution in [2.75, 3.05) is 5.75 Å². The second-order valence-corrected chi connectivity index (χ2v) is 13.5. The van der Waals surface area contributed by atoms with Crippen LogP contribution in [0.4, 0.5) is 0 Å². The summed E-state index contributed by atoms with van der Waals surface area (Å²) in [6.45, 7) is 5.21. The summed E-state index contributed by atoms with van der Waals surface area (Å²) in [5, 5.41) is 4.66. The van der Waals surface area contributed by atoms with Crippen LogP contribution >= 0.6 is 35.1 Å². The Morgan fingerprint density at radius 3 is 1.91 bits per heavy atom. The molecule has 0 unspecified atom stereocenters. The average Bonchev–Trinajstić information content (AvgIpc) is 3.00. The highest BCUT2D eigenvalue weighted by molar-refractivity contribution is 7.99. The Bertz CT molecular complexity index is 1580. The van der Waals surface area contributed by atoms with Crippen molar-refractivity contribution in [2.24, 2.45) is 10.6 Å². The minimum Gasteiger partial charge on any atom is -0.317 e. The van der Waals surface area contributed by atoms with E-state index in [1.165, 1.54) is 0 Å². The highest BCUT2D eigenvalue weighted by Crippen LogP contribution is 2.29. The van der Waals surface area contributed by atoms with E-state index in [0.717, 1.165) is 20.2 Å². The van der Waals surface area contributed by atoms with Crippen molar-refractivity contribution in [3.05, 3.63) is 125 Å². The molecule has 0 aliphatic carbocycles. The van der Waals surface area contributed by atoms with Crippen molar-refractivity contribution in [1.82, 2.24) is 0 Å². The topological polar surface area (TPSA) is 72.8 Å². The standard InChI is InChI=1S/C35H32ClNO4S2/c1-35(2,3)34(40)41-37-31(21-22-42-28-19-13-27(36)14-20-28)32(38)23-24-9-15-29(16-10-24)43-30-17-11-26(12-18-30)33(39)25-7-5-4-6-8-25/h4-20H,21-23H2,1-3H3. The molecule has 5 nitrogen and oxygen atoms in total. The largest absolute Gasteiger partial charge is 0.340 e. The maximum absolute atomic E-state index is 13.2. The number of hydrogen-bond acceptors (Lipinski definition) is 7. The lowest BCUT2D eigenvalue weighted by Gasteiger charge is -2.14. The van der Waals surface area contributed by atoms with E-state index >= 15 is 0 Å². The number of rotatable bonds is 12. The Hall–Kier alpha value is -3.65. The van der Waals surface area contributed by atoms with Crippen LogP contribution in [0.5, 0.6) is 0 Å². The van der Waals surface area contributed by atoms with Crippen LogP contribution in [0.25, 0.3) is 0 Å². The molecule has 0 aromatic heterocycles. The van der Waals surface area contributed by atoms with Gasteiger partial charge in [0.2, 0.25) is 0 Å². The molecule has 4 aromatic carbocycles. The fraction of sp³-hybridized carbons (Fsp3) is 0.200. The minimum atomic E-state index is -0.735. The maximum atomic E-state index is 13.2. The van der Waals surface area contributed by atoms with E-state index in [-0.39, 0.29) is 23.7 Å². The number of thioether (sulfide) groups is 1. The number of benzene rings is 4. The second kappa shape index (κ2) is 15.2. The van der Waals surface area contributed by atoms with Crippen LogP contribution in [0.15, 0.2) is 123 Å². The van der Waals surface area contributed by atoms with Crippen LogP contribution in [-0.2, 0) is 20.8 Å². The summed E-state index contributed by atoms with van der Waals surface area (Å²) in [5.41, 5.74) is 1.62. The van der Waals surface area contributed by atoms with Crippen molar-refractivity contribution >= 4 is 58.4 Å². The Balaban J connectivity index is 1.37. The first-order valence-electron chi connectivity index (χ1n) is 13.7. The van der Waals surface area contributed by atoms with Gasteiger partial charge < -0.3 is 4.84 Å². The minimum absolute atomic E-state index is 0.00850. The lowest BCUT2D eigenvalue weighted by molar-refractivity contribution is -0.152. The number of oxime groups is 1. The quantitative estimate of drug-likeness (QED) is 0.0512. The Morgan fingerprint density at radius 2 is 1.30 bits per heavy atom. The molecule has 43 heavy (non-hydrogen) atoms. The normalized spacial score (nSPS) is 11.7. The summed E-state index contributed by atoms with van der Waals surface area (Å²) in [6, 6.07) is 32.0. The van der Waals surface area contributed by atoms with Gasteiger partial charge >= 0.3 is 5.97 Å². The van der Waals surface area contributed by atoms with Crippen molar-refractivity contribution in [3.63, 3.8) is 0 Å². The van der Waals surface area contributed by atoms with Crippen molar-refractivity contribution in [3.8, 4) is 0 Å². The predicted octanol–water partition coefficient (Wildman–Crippen LogP) is 8.96. The van der Waals surface area contributed by atoms with Crippen LogP contribution in [0.2, 0.25) is 5.02 Å². The summed E-state index contributed by atoms with van der Waals surface area (Å²) < 4.78 is 0. The van der Waals surface area contributed by atoms with E-state index in [1.54, 1.807) is 44.3 Å². The molecule has 0 heterocycles. The molecule has 4 aromatic rings. The SMILES string of the molecule is CC(C)(C)C(=O)ON=C(CCSc1ccc(Cl)cc1)C(=O)Cc1ccc(Sc2ccc(C(=O)c3ccccc3)cc2)cc1. The van der Waals surface area contributed by atoms with Gasteiger partial charge in [0, 0.05) is 49.4 Å². The number of carbonyl (C=O) groups is 3. The van der Waals surface area contributed by atoms with Crippen LogP contribution in [0.3, 0.4) is 0 Å². The molecule has 0 saturated carbocycles. The fourth-order valence-corrected chi connectivity index (χ4v) is 5.60. The average molecular weight is 630 g/mol. The Labute approximate surface area is 266 Å². The molecule has 0 atom stereocenters. The van der Waals surface area contributed by atoms with Crippen LogP contribution in [0.1, 0.15) is 48.7 Å². The molecule has 0 aliphatic heterocycles. The number of hydrogen-bond donors (Lipinski definition) is 0. The van der Waals surface area contributed by atoms with E-state index in [9.17, 15) is 14.4 Å². The Kier molecular flexibility index (Phi) is 11.4. The van der Waals surface area contributed by atoms with Gasteiger partial charge in [-0.25, -0.2) is 4.79 Å². The van der Waals surface area contributed by atoms with Gasteiger partial charge in [-0.2, -0.15) is 0 Å². The van der Waals surface area contributed by atoms with E-state index in [4.69, 9.17) is 16.4 Å². The van der Waals surface area contributed by atoms with Gasteiger partial charge in [0.05, 0.1) is 5.41 Å². The molecule has 4 rings (SSSR count). The van der Waals surface area contributed by atoms with Gasteiger partial charge in [-0.15, -0.1) is 11.8 Å². The molecule has 0 spiro atoms. The monoisotopic (exact) mass is 629 g/mol. The van der Waals surface area contributed by atoms with Crippen LogP contribution in [-0.4, -0.2) is 29.0 Å². The first-order valence-corrected chi connectivity index (χ1v) is 15.9. The second-order valence-electron chi connectivity index (χ2n) is 10.8. The van der Waals surface area contributed by atoms with E-state index in [0.29, 0.717) is 28.3 Å². The highest BCUT2D eigenvalue weighted by atomic mass is 35.5.